The average Bonchev–Trinajstić information content (AvgIpc) is 2.50. The predicted octanol–water partition coefficient (Wildman–Crippen LogP) is 2.27. The third-order valence-corrected chi connectivity index (χ3v) is 4.36. The summed E-state index contributed by atoms with van der Waals surface area (Å²) >= 11 is 0. The molecule has 2 N–H and O–H groups in total. The summed E-state index contributed by atoms with van der Waals surface area (Å²) in [5.41, 5.74) is 0.598. The number of carbonyl (C=O) groups excluding carboxylic acids is 1. The van der Waals surface area contributed by atoms with Crippen LogP contribution in [-0.2, 0) is 14.8 Å². The van der Waals surface area contributed by atoms with E-state index in [9.17, 15) is 22.0 Å². The van der Waals surface area contributed by atoms with Crippen molar-refractivity contribution in [3.63, 3.8) is 0 Å². The number of hydrogen-bond acceptors (Lipinski definition) is 3. The molecule has 0 spiro atoms. The molecule has 0 saturated heterocycles. The quantitative estimate of drug-likeness (QED) is 0.847. The Morgan fingerprint density at radius 2 is 1.70 bits per heavy atom. The number of para-hydroxylation sites is 1. The molecule has 1 amide bonds. The average molecular weight is 340 g/mol. The second kappa shape index (κ2) is 7.30. The zero-order valence-electron chi connectivity index (χ0n) is 11.9. The highest BCUT2D eigenvalue weighted by atomic mass is 32.2. The number of anilines is 1. The van der Waals surface area contributed by atoms with Crippen molar-refractivity contribution in [3.05, 3.63) is 60.2 Å². The summed E-state index contributed by atoms with van der Waals surface area (Å²) in [5.74, 6) is -2.76. The molecular weight excluding hydrogens is 326 g/mol. The zero-order chi connectivity index (χ0) is 16.9. The highest BCUT2D eigenvalue weighted by Crippen LogP contribution is 2.13. The van der Waals surface area contributed by atoms with Gasteiger partial charge in [0.25, 0.3) is 0 Å². The van der Waals surface area contributed by atoms with Gasteiger partial charge in [-0.15, -0.1) is 0 Å². The van der Waals surface area contributed by atoms with Crippen LogP contribution in [0.3, 0.4) is 0 Å². The lowest BCUT2D eigenvalue weighted by Gasteiger charge is -2.08. The van der Waals surface area contributed by atoms with Gasteiger partial charge in [-0.3, -0.25) is 4.79 Å². The van der Waals surface area contributed by atoms with Crippen LogP contribution in [0.5, 0.6) is 0 Å². The highest BCUT2D eigenvalue weighted by molar-refractivity contribution is 7.89. The van der Waals surface area contributed by atoms with E-state index >= 15 is 0 Å². The minimum Gasteiger partial charge on any atom is -0.326 e. The Kier molecular flexibility index (Phi) is 5.41. The molecule has 8 heteroatoms. The molecule has 0 aliphatic rings. The standard InChI is InChI=1S/C15H14F2N2O3S/c16-13-7-6-12(10-14(13)17)23(21,22)18-9-8-15(20)19-11-4-2-1-3-5-11/h1-7,10,18H,8-9H2,(H,19,20). The molecule has 0 aliphatic carbocycles. The largest absolute Gasteiger partial charge is 0.326 e. The highest BCUT2D eigenvalue weighted by Gasteiger charge is 2.16. The van der Waals surface area contributed by atoms with Crippen molar-refractivity contribution in [2.24, 2.45) is 0 Å². The molecule has 0 aromatic heterocycles. The summed E-state index contributed by atoms with van der Waals surface area (Å²) in [6.07, 6.45) is -0.0994. The van der Waals surface area contributed by atoms with Gasteiger partial charge in [0.1, 0.15) is 0 Å². The first-order chi connectivity index (χ1) is 10.9. The van der Waals surface area contributed by atoms with Crippen LogP contribution in [0.15, 0.2) is 53.4 Å². The van der Waals surface area contributed by atoms with E-state index in [1.54, 1.807) is 30.3 Å². The summed E-state index contributed by atoms with van der Waals surface area (Å²) in [6, 6.07) is 11.0. The van der Waals surface area contributed by atoms with Crippen molar-refractivity contribution in [2.45, 2.75) is 11.3 Å². The molecule has 0 saturated carbocycles. The van der Waals surface area contributed by atoms with E-state index in [2.05, 4.69) is 10.0 Å². The van der Waals surface area contributed by atoms with Gasteiger partial charge in [-0.1, -0.05) is 18.2 Å². The first-order valence-corrected chi connectivity index (χ1v) is 8.16. The first-order valence-electron chi connectivity index (χ1n) is 6.68. The van der Waals surface area contributed by atoms with E-state index in [0.29, 0.717) is 11.8 Å². The fraction of sp³-hybridized carbons (Fsp3) is 0.133. The Morgan fingerprint density at radius 3 is 2.35 bits per heavy atom. The third kappa shape index (κ3) is 4.83. The Labute approximate surface area is 132 Å². The monoisotopic (exact) mass is 340 g/mol. The van der Waals surface area contributed by atoms with E-state index < -0.39 is 26.6 Å². The molecule has 0 unspecified atom stereocenters. The lowest BCUT2D eigenvalue weighted by Crippen LogP contribution is -2.28. The molecular formula is C15H14F2N2O3S. The number of amides is 1. The molecule has 2 aromatic carbocycles. The van der Waals surface area contributed by atoms with Crippen LogP contribution in [-0.4, -0.2) is 20.9 Å². The minimum atomic E-state index is -4.00. The summed E-state index contributed by atoms with van der Waals surface area (Å²) in [7, 11) is -4.00. The van der Waals surface area contributed by atoms with Crippen LogP contribution in [0.2, 0.25) is 0 Å². The normalized spacial score (nSPS) is 11.2. The predicted molar refractivity (Wildman–Crippen MR) is 81.2 cm³/mol. The number of nitrogens with one attached hydrogen (secondary N) is 2. The smallest absolute Gasteiger partial charge is 0.240 e. The number of benzene rings is 2. The van der Waals surface area contributed by atoms with Crippen molar-refractivity contribution in [1.29, 1.82) is 0 Å². The number of sulfonamides is 1. The molecule has 5 nitrogen and oxygen atoms in total. The van der Waals surface area contributed by atoms with Crippen LogP contribution in [0.1, 0.15) is 6.42 Å². The van der Waals surface area contributed by atoms with Crippen LogP contribution in [0.25, 0.3) is 0 Å². The van der Waals surface area contributed by atoms with Crippen molar-refractivity contribution in [1.82, 2.24) is 4.72 Å². The Hall–Kier alpha value is -2.32. The van der Waals surface area contributed by atoms with Gasteiger partial charge in [-0.2, -0.15) is 0 Å². The van der Waals surface area contributed by atoms with Crippen LogP contribution < -0.4 is 10.0 Å². The minimum absolute atomic E-state index is 0.0994. The molecule has 0 radical (unpaired) electrons. The number of halogens is 2. The lowest BCUT2D eigenvalue weighted by molar-refractivity contribution is -0.116. The van der Waals surface area contributed by atoms with Crippen LogP contribution in [0.4, 0.5) is 14.5 Å². The van der Waals surface area contributed by atoms with Crippen molar-refractivity contribution in [2.75, 3.05) is 11.9 Å². The van der Waals surface area contributed by atoms with Crippen molar-refractivity contribution < 1.29 is 22.0 Å². The summed E-state index contributed by atoms with van der Waals surface area (Å²) in [6.45, 7) is -0.167. The topological polar surface area (TPSA) is 75.3 Å². The summed E-state index contributed by atoms with van der Waals surface area (Å²) in [5, 5.41) is 2.60. The van der Waals surface area contributed by atoms with E-state index in [1.807, 2.05) is 0 Å². The molecule has 0 atom stereocenters. The van der Waals surface area contributed by atoms with Gasteiger partial charge in [0, 0.05) is 18.7 Å². The fourth-order valence-electron chi connectivity index (χ4n) is 1.77. The molecule has 0 heterocycles. The van der Waals surface area contributed by atoms with Crippen LogP contribution >= 0.6 is 0 Å². The Morgan fingerprint density at radius 1 is 1.00 bits per heavy atom. The Balaban J connectivity index is 1.89. The van der Waals surface area contributed by atoms with Gasteiger partial charge in [-0.05, 0) is 30.3 Å². The zero-order valence-corrected chi connectivity index (χ0v) is 12.7. The van der Waals surface area contributed by atoms with Gasteiger partial charge >= 0.3 is 0 Å². The summed E-state index contributed by atoms with van der Waals surface area (Å²) in [4.78, 5) is 11.3. The maximum Gasteiger partial charge on any atom is 0.240 e. The molecule has 2 rings (SSSR count). The second-order valence-electron chi connectivity index (χ2n) is 4.64. The fourth-order valence-corrected chi connectivity index (χ4v) is 2.81. The lowest BCUT2D eigenvalue weighted by atomic mass is 10.3. The summed E-state index contributed by atoms with van der Waals surface area (Å²) < 4.78 is 51.8. The molecule has 23 heavy (non-hydrogen) atoms. The van der Waals surface area contributed by atoms with Crippen molar-refractivity contribution in [3.8, 4) is 0 Å². The maximum absolute atomic E-state index is 13.1. The van der Waals surface area contributed by atoms with Gasteiger partial charge in [0.2, 0.25) is 15.9 Å². The van der Waals surface area contributed by atoms with Gasteiger partial charge in [0.05, 0.1) is 4.90 Å². The van der Waals surface area contributed by atoms with E-state index in [4.69, 9.17) is 0 Å². The number of hydrogen-bond donors (Lipinski definition) is 2. The second-order valence-corrected chi connectivity index (χ2v) is 6.40. The number of rotatable bonds is 6. The molecule has 0 aliphatic heterocycles. The number of carbonyl (C=O) groups is 1. The third-order valence-electron chi connectivity index (χ3n) is 2.90. The van der Waals surface area contributed by atoms with Crippen molar-refractivity contribution >= 4 is 21.6 Å². The van der Waals surface area contributed by atoms with Gasteiger partial charge in [-0.25, -0.2) is 21.9 Å². The molecule has 122 valence electrons. The van der Waals surface area contributed by atoms with E-state index in [1.165, 1.54) is 0 Å². The Bertz CT molecular complexity index is 796. The van der Waals surface area contributed by atoms with E-state index in [0.717, 1.165) is 12.1 Å². The van der Waals surface area contributed by atoms with Crippen LogP contribution in [0, 0.1) is 11.6 Å². The maximum atomic E-state index is 13.1. The molecule has 2 aromatic rings. The first kappa shape index (κ1) is 17.0. The van der Waals surface area contributed by atoms with Gasteiger partial charge in [0.15, 0.2) is 11.6 Å². The molecule has 0 bridgehead atoms. The molecule has 0 fully saturated rings. The van der Waals surface area contributed by atoms with E-state index in [-0.39, 0.29) is 18.9 Å². The SMILES string of the molecule is O=C(CCNS(=O)(=O)c1ccc(F)c(F)c1)Nc1ccccc1. The van der Waals surface area contributed by atoms with Gasteiger partial charge < -0.3 is 5.32 Å².